The molecule has 1 fully saturated rings. The van der Waals surface area contributed by atoms with Crippen LogP contribution in [0.3, 0.4) is 0 Å². The van der Waals surface area contributed by atoms with E-state index in [2.05, 4.69) is 29.2 Å². The number of hydrogen-bond donors (Lipinski definition) is 0. The van der Waals surface area contributed by atoms with Crippen molar-refractivity contribution in [3.63, 3.8) is 0 Å². The van der Waals surface area contributed by atoms with Crippen molar-refractivity contribution in [2.75, 3.05) is 18.0 Å². The van der Waals surface area contributed by atoms with E-state index in [4.69, 9.17) is 0 Å². The van der Waals surface area contributed by atoms with E-state index in [1.807, 2.05) is 0 Å². The third kappa shape index (κ3) is 3.36. The van der Waals surface area contributed by atoms with Gasteiger partial charge >= 0.3 is 0 Å². The molecule has 1 aliphatic rings. The lowest BCUT2D eigenvalue weighted by atomic mass is 10.3. The van der Waals surface area contributed by atoms with Crippen molar-refractivity contribution in [1.29, 1.82) is 0 Å². The van der Waals surface area contributed by atoms with Crippen LogP contribution in [0.5, 0.6) is 0 Å². The highest BCUT2D eigenvalue weighted by atomic mass is 32.2. The monoisotopic (exact) mass is 300 g/mol. The van der Waals surface area contributed by atoms with E-state index in [1.165, 1.54) is 18.5 Å². The molecule has 0 aromatic heterocycles. The first kappa shape index (κ1) is 13.9. The van der Waals surface area contributed by atoms with E-state index in [9.17, 15) is 10.1 Å². The fourth-order valence-corrected chi connectivity index (χ4v) is 3.29. The zero-order valence-electron chi connectivity index (χ0n) is 11.6. The topological polar surface area (TPSA) is 46.4 Å². The van der Waals surface area contributed by atoms with Crippen LogP contribution in [0.4, 0.5) is 11.4 Å². The summed E-state index contributed by atoms with van der Waals surface area (Å²) in [4.78, 5) is 14.8. The molecular weight excluding hydrogens is 284 g/mol. The van der Waals surface area contributed by atoms with Gasteiger partial charge in [0.2, 0.25) is 0 Å². The van der Waals surface area contributed by atoms with E-state index in [-0.39, 0.29) is 10.6 Å². The Kier molecular flexibility index (Phi) is 4.10. The van der Waals surface area contributed by atoms with Crippen molar-refractivity contribution >= 4 is 23.1 Å². The normalized spacial score (nSPS) is 14.4. The molecule has 0 radical (unpaired) electrons. The number of nitrogens with zero attached hydrogens (tertiary/aromatic N) is 2. The number of anilines is 1. The number of benzene rings is 2. The number of nitro groups is 1. The predicted molar refractivity (Wildman–Crippen MR) is 85.1 cm³/mol. The largest absolute Gasteiger partial charge is 0.372 e. The maximum Gasteiger partial charge on any atom is 0.269 e. The van der Waals surface area contributed by atoms with Crippen molar-refractivity contribution in [2.24, 2.45) is 0 Å². The van der Waals surface area contributed by atoms with Gasteiger partial charge in [-0.2, -0.15) is 0 Å². The van der Waals surface area contributed by atoms with Crippen LogP contribution in [-0.4, -0.2) is 18.0 Å². The van der Waals surface area contributed by atoms with Gasteiger partial charge in [-0.15, -0.1) is 0 Å². The predicted octanol–water partition coefficient (Wildman–Crippen LogP) is 4.35. The SMILES string of the molecule is O=[N+]([O-])c1ccc(Sc2ccc(N3CCCC3)cc2)cc1. The number of nitro benzene ring substituents is 1. The second-order valence-corrected chi connectivity index (χ2v) is 6.19. The van der Waals surface area contributed by atoms with Gasteiger partial charge in [0.05, 0.1) is 4.92 Å². The van der Waals surface area contributed by atoms with Crippen LogP contribution in [0.25, 0.3) is 0 Å². The molecule has 1 heterocycles. The zero-order valence-corrected chi connectivity index (χ0v) is 12.4. The molecule has 2 aromatic carbocycles. The molecule has 0 bridgehead atoms. The molecule has 3 rings (SSSR count). The zero-order chi connectivity index (χ0) is 14.7. The van der Waals surface area contributed by atoms with Crippen molar-refractivity contribution in [1.82, 2.24) is 0 Å². The molecular formula is C16H16N2O2S. The van der Waals surface area contributed by atoms with Crippen LogP contribution in [0.1, 0.15) is 12.8 Å². The molecule has 108 valence electrons. The summed E-state index contributed by atoms with van der Waals surface area (Å²) in [5, 5.41) is 10.6. The first-order valence-corrected chi connectivity index (χ1v) is 7.81. The average molecular weight is 300 g/mol. The van der Waals surface area contributed by atoms with Gasteiger partial charge in [0.1, 0.15) is 0 Å². The second-order valence-electron chi connectivity index (χ2n) is 5.04. The minimum absolute atomic E-state index is 0.128. The van der Waals surface area contributed by atoms with Gasteiger partial charge in [-0.3, -0.25) is 10.1 Å². The second kappa shape index (κ2) is 6.18. The molecule has 2 aromatic rings. The van der Waals surface area contributed by atoms with Gasteiger partial charge in [-0.1, -0.05) is 11.8 Å². The Labute approximate surface area is 127 Å². The lowest BCUT2D eigenvalue weighted by Crippen LogP contribution is -2.17. The van der Waals surface area contributed by atoms with E-state index in [0.29, 0.717) is 0 Å². The van der Waals surface area contributed by atoms with Gasteiger partial charge in [0.25, 0.3) is 5.69 Å². The minimum Gasteiger partial charge on any atom is -0.372 e. The van der Waals surface area contributed by atoms with Gasteiger partial charge in [0.15, 0.2) is 0 Å². The van der Waals surface area contributed by atoms with E-state index in [1.54, 1.807) is 36.0 Å². The molecule has 0 N–H and O–H groups in total. The molecule has 0 saturated carbocycles. The van der Waals surface area contributed by atoms with Crippen LogP contribution in [0.2, 0.25) is 0 Å². The number of hydrogen-bond acceptors (Lipinski definition) is 4. The number of non-ortho nitro benzene ring substituents is 1. The quantitative estimate of drug-likeness (QED) is 0.622. The fraction of sp³-hybridized carbons (Fsp3) is 0.250. The molecule has 1 aliphatic heterocycles. The highest BCUT2D eigenvalue weighted by Crippen LogP contribution is 2.31. The Morgan fingerprint density at radius 2 is 1.43 bits per heavy atom. The van der Waals surface area contributed by atoms with Crippen LogP contribution in [-0.2, 0) is 0 Å². The molecule has 0 spiro atoms. The molecule has 0 unspecified atom stereocenters. The Balaban J connectivity index is 1.68. The summed E-state index contributed by atoms with van der Waals surface area (Å²) in [6.07, 6.45) is 2.55. The van der Waals surface area contributed by atoms with Crippen LogP contribution in [0, 0.1) is 10.1 Å². The smallest absolute Gasteiger partial charge is 0.269 e. The highest BCUT2D eigenvalue weighted by Gasteiger charge is 2.12. The third-order valence-electron chi connectivity index (χ3n) is 3.59. The lowest BCUT2D eigenvalue weighted by molar-refractivity contribution is -0.384. The van der Waals surface area contributed by atoms with Crippen molar-refractivity contribution in [3.8, 4) is 0 Å². The maximum absolute atomic E-state index is 10.6. The summed E-state index contributed by atoms with van der Waals surface area (Å²) in [5.74, 6) is 0. The van der Waals surface area contributed by atoms with Crippen LogP contribution < -0.4 is 4.90 Å². The molecule has 5 heteroatoms. The summed E-state index contributed by atoms with van der Waals surface area (Å²) in [5.41, 5.74) is 1.41. The Morgan fingerprint density at radius 3 is 1.95 bits per heavy atom. The summed E-state index contributed by atoms with van der Waals surface area (Å²) >= 11 is 1.62. The fourth-order valence-electron chi connectivity index (χ4n) is 2.47. The summed E-state index contributed by atoms with van der Waals surface area (Å²) in [7, 11) is 0. The maximum atomic E-state index is 10.6. The molecule has 1 saturated heterocycles. The van der Waals surface area contributed by atoms with Gasteiger partial charge < -0.3 is 4.90 Å². The first-order chi connectivity index (χ1) is 10.2. The van der Waals surface area contributed by atoms with Gasteiger partial charge in [-0.05, 0) is 49.2 Å². The summed E-state index contributed by atoms with van der Waals surface area (Å²) in [6.45, 7) is 2.30. The van der Waals surface area contributed by atoms with Crippen LogP contribution in [0.15, 0.2) is 58.3 Å². The molecule has 0 atom stereocenters. The van der Waals surface area contributed by atoms with Crippen molar-refractivity contribution in [3.05, 3.63) is 58.6 Å². The third-order valence-corrected chi connectivity index (χ3v) is 4.61. The average Bonchev–Trinajstić information content (AvgIpc) is 3.03. The van der Waals surface area contributed by atoms with Crippen molar-refractivity contribution in [2.45, 2.75) is 22.6 Å². The molecule has 21 heavy (non-hydrogen) atoms. The highest BCUT2D eigenvalue weighted by molar-refractivity contribution is 7.99. The minimum atomic E-state index is -0.376. The first-order valence-electron chi connectivity index (χ1n) is 7.00. The molecule has 0 aliphatic carbocycles. The Bertz CT molecular complexity index is 620. The van der Waals surface area contributed by atoms with Crippen molar-refractivity contribution < 1.29 is 4.92 Å². The Morgan fingerprint density at radius 1 is 0.905 bits per heavy atom. The van der Waals surface area contributed by atoms with E-state index >= 15 is 0 Å². The van der Waals surface area contributed by atoms with Gasteiger partial charge in [-0.25, -0.2) is 0 Å². The Hall–Kier alpha value is -2.01. The van der Waals surface area contributed by atoms with E-state index in [0.717, 1.165) is 22.9 Å². The standard InChI is InChI=1S/C16H16N2O2S/c19-18(20)14-5-9-16(10-6-14)21-15-7-3-13(4-8-15)17-11-1-2-12-17/h3-10H,1-2,11-12H2. The van der Waals surface area contributed by atoms with E-state index < -0.39 is 0 Å². The summed E-state index contributed by atoms with van der Waals surface area (Å²) in [6, 6.07) is 15.2. The lowest BCUT2D eigenvalue weighted by Gasteiger charge is -2.17. The van der Waals surface area contributed by atoms with Gasteiger partial charge in [0, 0.05) is 40.7 Å². The number of rotatable bonds is 4. The summed E-state index contributed by atoms with van der Waals surface area (Å²) < 4.78 is 0. The molecule has 0 amide bonds. The molecule has 4 nitrogen and oxygen atoms in total. The van der Waals surface area contributed by atoms with Crippen LogP contribution >= 0.6 is 11.8 Å².